The highest BCUT2D eigenvalue weighted by Crippen LogP contribution is 2.22. The van der Waals surface area contributed by atoms with Crippen LogP contribution in [-0.4, -0.2) is 48.9 Å². The number of hydrogen-bond acceptors (Lipinski definition) is 7. The molecule has 2 aromatic carbocycles. The summed E-state index contributed by atoms with van der Waals surface area (Å²) in [6.07, 6.45) is 3.31. The van der Waals surface area contributed by atoms with Gasteiger partial charge in [-0.3, -0.25) is 10.1 Å². The molecular formula is C24H22N4O6S2. The first-order valence-electron chi connectivity index (χ1n) is 10.9. The lowest BCUT2D eigenvalue weighted by molar-refractivity contribution is -0.577. The van der Waals surface area contributed by atoms with Gasteiger partial charge in [-0.15, -0.1) is 0 Å². The molecule has 0 aliphatic carbocycles. The number of rotatable bonds is 7. The van der Waals surface area contributed by atoms with E-state index in [2.05, 4.69) is 5.32 Å². The molecule has 0 spiro atoms. The molecule has 1 aromatic heterocycles. The summed E-state index contributed by atoms with van der Waals surface area (Å²) in [6.45, 7) is 1.30. The van der Waals surface area contributed by atoms with Crippen molar-refractivity contribution in [2.45, 2.75) is 4.90 Å². The van der Waals surface area contributed by atoms with Crippen LogP contribution in [0, 0.1) is 10.1 Å². The van der Waals surface area contributed by atoms with Gasteiger partial charge in [0.05, 0.1) is 23.0 Å². The topological polar surface area (TPSA) is 129 Å². The van der Waals surface area contributed by atoms with Gasteiger partial charge in [0.15, 0.2) is 17.4 Å². The Kier molecular flexibility index (Phi) is 7.70. The Balaban J connectivity index is 1.61. The van der Waals surface area contributed by atoms with Crippen LogP contribution >= 0.6 is 12.2 Å². The summed E-state index contributed by atoms with van der Waals surface area (Å²) in [4.78, 5) is 10.7. The molecule has 12 heteroatoms. The number of sulfonamides is 1. The molecule has 0 unspecified atom stereocenters. The van der Waals surface area contributed by atoms with Crippen molar-refractivity contribution in [3.8, 4) is 0 Å². The fourth-order valence-corrected chi connectivity index (χ4v) is 5.32. The SMILES string of the molecule is O=[N+]([O-])c1ccc(/C([O-])=C(/C(=S)Nc2ccc(S(=O)(=O)N3CCOCC3)cc2)[n+]2ccccc2)cc1. The summed E-state index contributed by atoms with van der Waals surface area (Å²) in [5, 5.41) is 27.3. The predicted molar refractivity (Wildman–Crippen MR) is 135 cm³/mol. The number of nitro groups is 1. The molecule has 10 nitrogen and oxygen atoms in total. The van der Waals surface area contributed by atoms with Crippen LogP contribution in [0.25, 0.3) is 11.5 Å². The summed E-state index contributed by atoms with van der Waals surface area (Å²) < 4.78 is 33.9. The number of nitro benzene ring substituents is 1. The highest BCUT2D eigenvalue weighted by atomic mass is 32.2. The number of thiocarbonyl (C=S) groups is 1. The minimum absolute atomic E-state index is 0.0957. The van der Waals surface area contributed by atoms with Crippen molar-refractivity contribution < 1.29 is 27.8 Å². The van der Waals surface area contributed by atoms with Crippen LogP contribution < -0.4 is 15.0 Å². The van der Waals surface area contributed by atoms with E-state index >= 15 is 0 Å². The molecule has 1 N–H and O–H groups in total. The monoisotopic (exact) mass is 526 g/mol. The number of ether oxygens (including phenoxy) is 1. The third kappa shape index (κ3) is 5.57. The molecule has 0 atom stereocenters. The lowest BCUT2D eigenvalue weighted by atomic mass is 10.1. The molecule has 3 aromatic rings. The maximum absolute atomic E-state index is 13.4. The minimum atomic E-state index is -3.64. The molecule has 0 amide bonds. The van der Waals surface area contributed by atoms with Crippen molar-refractivity contribution in [2.75, 3.05) is 31.6 Å². The van der Waals surface area contributed by atoms with Crippen molar-refractivity contribution in [2.24, 2.45) is 0 Å². The van der Waals surface area contributed by atoms with Gasteiger partial charge in [0.1, 0.15) is 0 Å². The Labute approximate surface area is 213 Å². The lowest BCUT2D eigenvalue weighted by Gasteiger charge is -2.26. The van der Waals surface area contributed by atoms with Gasteiger partial charge in [0.25, 0.3) is 5.69 Å². The van der Waals surface area contributed by atoms with E-state index in [0.29, 0.717) is 32.0 Å². The number of nitrogens with zero attached hydrogens (tertiary/aromatic N) is 3. The molecule has 186 valence electrons. The van der Waals surface area contributed by atoms with Gasteiger partial charge in [-0.25, -0.2) is 8.42 Å². The second-order valence-corrected chi connectivity index (χ2v) is 10.1. The van der Waals surface area contributed by atoms with Crippen LogP contribution in [0.5, 0.6) is 0 Å². The average molecular weight is 527 g/mol. The van der Waals surface area contributed by atoms with E-state index in [1.54, 1.807) is 47.3 Å². The van der Waals surface area contributed by atoms with Crippen LogP contribution in [-0.2, 0) is 14.8 Å². The lowest BCUT2D eigenvalue weighted by Crippen LogP contribution is -2.40. The Hall–Kier alpha value is -3.71. The van der Waals surface area contributed by atoms with Crippen LogP contribution in [0.2, 0.25) is 0 Å². The molecule has 0 bridgehead atoms. The van der Waals surface area contributed by atoms with Gasteiger partial charge < -0.3 is 15.2 Å². The number of pyridine rings is 1. The number of morpholine rings is 1. The first kappa shape index (κ1) is 25.4. The fourth-order valence-electron chi connectivity index (χ4n) is 3.59. The first-order valence-corrected chi connectivity index (χ1v) is 12.7. The van der Waals surface area contributed by atoms with Gasteiger partial charge in [0.2, 0.25) is 15.7 Å². The minimum Gasteiger partial charge on any atom is -0.867 e. The largest absolute Gasteiger partial charge is 0.867 e. The highest BCUT2D eigenvalue weighted by molar-refractivity contribution is 7.89. The van der Waals surface area contributed by atoms with Crippen molar-refractivity contribution in [1.29, 1.82) is 0 Å². The number of nitrogens with one attached hydrogen (secondary N) is 1. The summed E-state index contributed by atoms with van der Waals surface area (Å²) in [5.74, 6) is -0.440. The standard InChI is InChI=1S/C24H22N4O6S2/c29-23(18-4-8-20(9-5-18)28(30)31)22(26-12-2-1-3-13-26)24(35)25-19-6-10-21(11-7-19)36(32,33)27-14-16-34-17-15-27/h1-13H,14-17H2,(H-,25,29,35). The smallest absolute Gasteiger partial charge is 0.269 e. The summed E-state index contributed by atoms with van der Waals surface area (Å²) >= 11 is 5.55. The molecule has 4 rings (SSSR count). The third-order valence-electron chi connectivity index (χ3n) is 5.46. The summed E-state index contributed by atoms with van der Waals surface area (Å²) in [5.41, 5.74) is 0.715. The number of anilines is 1. The Bertz CT molecular complexity index is 1390. The zero-order valence-corrected chi connectivity index (χ0v) is 20.6. The van der Waals surface area contributed by atoms with Crippen LogP contribution in [0.3, 0.4) is 0 Å². The molecule has 2 heterocycles. The van der Waals surface area contributed by atoms with E-state index in [1.165, 1.54) is 40.7 Å². The third-order valence-corrected chi connectivity index (χ3v) is 7.67. The molecule has 0 saturated carbocycles. The molecule has 1 aliphatic rings. The normalized spacial score (nSPS) is 15.1. The van der Waals surface area contributed by atoms with E-state index in [-0.39, 0.29) is 26.8 Å². The van der Waals surface area contributed by atoms with Gasteiger partial charge in [0, 0.05) is 43.0 Å². The molecule has 1 saturated heterocycles. The molecule has 0 radical (unpaired) electrons. The van der Waals surface area contributed by atoms with E-state index in [0.717, 1.165) is 0 Å². The maximum atomic E-state index is 13.4. The molecule has 36 heavy (non-hydrogen) atoms. The van der Waals surface area contributed by atoms with Gasteiger partial charge >= 0.3 is 0 Å². The average Bonchev–Trinajstić information content (AvgIpc) is 2.90. The van der Waals surface area contributed by atoms with Crippen molar-refractivity contribution in [1.82, 2.24) is 4.31 Å². The van der Waals surface area contributed by atoms with Crippen LogP contribution in [0.4, 0.5) is 11.4 Å². The van der Waals surface area contributed by atoms with E-state index in [1.807, 2.05) is 0 Å². The summed E-state index contributed by atoms with van der Waals surface area (Å²) in [6, 6.07) is 16.6. The number of hydrogen-bond donors (Lipinski definition) is 1. The zero-order valence-electron chi connectivity index (χ0n) is 18.9. The first-order chi connectivity index (χ1) is 17.3. The molecular weight excluding hydrogens is 504 g/mol. The van der Waals surface area contributed by atoms with E-state index < -0.39 is 20.7 Å². The van der Waals surface area contributed by atoms with E-state index in [4.69, 9.17) is 17.0 Å². The highest BCUT2D eigenvalue weighted by Gasteiger charge is 2.26. The van der Waals surface area contributed by atoms with Crippen LogP contribution in [0.15, 0.2) is 84.0 Å². The quantitative estimate of drug-likeness (QED) is 0.124. The van der Waals surface area contributed by atoms with Crippen molar-refractivity contribution in [3.05, 3.63) is 94.8 Å². The van der Waals surface area contributed by atoms with Gasteiger partial charge in [-0.1, -0.05) is 18.3 Å². The van der Waals surface area contributed by atoms with E-state index in [9.17, 15) is 23.6 Å². The Morgan fingerprint density at radius 3 is 2.19 bits per heavy atom. The van der Waals surface area contributed by atoms with Crippen molar-refractivity contribution in [3.63, 3.8) is 0 Å². The fraction of sp³-hybridized carbons (Fsp3) is 0.167. The second-order valence-electron chi connectivity index (χ2n) is 7.76. The summed E-state index contributed by atoms with van der Waals surface area (Å²) in [7, 11) is -3.64. The van der Waals surface area contributed by atoms with Gasteiger partial charge in [-0.05, 0) is 47.7 Å². The Morgan fingerprint density at radius 1 is 1.00 bits per heavy atom. The van der Waals surface area contributed by atoms with Crippen LogP contribution in [0.1, 0.15) is 5.56 Å². The molecule has 1 fully saturated rings. The van der Waals surface area contributed by atoms with Crippen molar-refractivity contribution >= 4 is 50.1 Å². The zero-order chi connectivity index (χ0) is 25.7. The maximum Gasteiger partial charge on any atom is 0.269 e. The van der Waals surface area contributed by atoms with Gasteiger partial charge in [-0.2, -0.15) is 8.87 Å². The Morgan fingerprint density at radius 2 is 1.61 bits per heavy atom. The second kappa shape index (κ2) is 10.9. The number of aromatic nitrogens is 1. The molecule has 1 aliphatic heterocycles. The number of benzene rings is 2. The predicted octanol–water partition coefficient (Wildman–Crippen LogP) is 2.03. The number of non-ortho nitro benzene ring substituents is 1.